The molecule has 0 aromatic heterocycles. The molecule has 0 aliphatic heterocycles. The molecule has 2 aliphatic carbocycles. The number of aliphatic hydroxyl groups is 2. The van der Waals surface area contributed by atoms with Gasteiger partial charge in [0.1, 0.15) is 34.6 Å². The Morgan fingerprint density at radius 3 is 2.37 bits per heavy atom. The van der Waals surface area contributed by atoms with Gasteiger partial charge < -0.3 is 25.2 Å². The molecule has 0 bridgehead atoms. The summed E-state index contributed by atoms with van der Waals surface area (Å²) in [5, 5.41) is 43.3. The van der Waals surface area contributed by atoms with Crippen molar-refractivity contribution in [2.75, 3.05) is 7.11 Å². The average Bonchev–Trinajstić information content (AvgIpc) is 2.63. The van der Waals surface area contributed by atoms with Crippen LogP contribution < -0.4 is 4.74 Å². The Morgan fingerprint density at radius 2 is 1.77 bits per heavy atom. The van der Waals surface area contributed by atoms with Gasteiger partial charge in [0.05, 0.1) is 18.1 Å². The highest BCUT2D eigenvalue weighted by Crippen LogP contribution is 2.49. The van der Waals surface area contributed by atoms with Crippen LogP contribution in [0, 0.1) is 5.92 Å². The zero-order chi connectivity index (χ0) is 22.2. The Morgan fingerprint density at radius 1 is 1.10 bits per heavy atom. The van der Waals surface area contributed by atoms with E-state index in [9.17, 15) is 39.6 Å². The number of phenolic OH excluding ortho intramolecular Hbond substituents is 2. The standard InChI is InChI=1S/C21H18O9/c1-8(22)14-13(24)7-20(28)6-10-3-9-4-11(30-2)5-12(23)15(9)17(25)16(10)19(27)21(20,29)18(14)26/h3-5,14,23,25,28-29H,6-7H2,1-2H3. The van der Waals surface area contributed by atoms with Gasteiger partial charge >= 0.3 is 0 Å². The molecule has 30 heavy (non-hydrogen) atoms. The molecule has 4 N–H and O–H groups in total. The first-order valence-electron chi connectivity index (χ1n) is 9.09. The number of phenols is 2. The van der Waals surface area contributed by atoms with E-state index in [-0.39, 0.29) is 22.1 Å². The number of Topliss-reactive ketones (excluding diaryl/α,β-unsaturated/α-hetero) is 4. The normalized spacial score (nSPS) is 28.3. The number of carbonyl (C=O) groups is 4. The van der Waals surface area contributed by atoms with Crippen molar-refractivity contribution >= 4 is 33.9 Å². The molecule has 156 valence electrons. The minimum absolute atomic E-state index is 0.0757. The van der Waals surface area contributed by atoms with Gasteiger partial charge in [-0.1, -0.05) is 0 Å². The van der Waals surface area contributed by atoms with E-state index in [0.29, 0.717) is 0 Å². The molecular formula is C21H18O9. The van der Waals surface area contributed by atoms with Crippen LogP contribution in [0.3, 0.4) is 0 Å². The van der Waals surface area contributed by atoms with Gasteiger partial charge in [-0.25, -0.2) is 0 Å². The van der Waals surface area contributed by atoms with Crippen LogP contribution in [0.15, 0.2) is 18.2 Å². The second-order valence-electron chi connectivity index (χ2n) is 7.80. The van der Waals surface area contributed by atoms with Crippen molar-refractivity contribution in [2.45, 2.75) is 31.0 Å². The highest BCUT2D eigenvalue weighted by molar-refractivity contribution is 6.33. The summed E-state index contributed by atoms with van der Waals surface area (Å²) < 4.78 is 5.07. The molecule has 0 radical (unpaired) electrons. The van der Waals surface area contributed by atoms with Crippen LogP contribution in [0.4, 0.5) is 0 Å². The summed E-state index contributed by atoms with van der Waals surface area (Å²) in [5.41, 5.74) is -5.94. The number of fused-ring (bicyclic) bond motifs is 3. The fourth-order valence-corrected chi connectivity index (χ4v) is 4.56. The van der Waals surface area contributed by atoms with Crippen molar-refractivity contribution in [3.63, 3.8) is 0 Å². The van der Waals surface area contributed by atoms with Crippen molar-refractivity contribution in [2.24, 2.45) is 5.92 Å². The van der Waals surface area contributed by atoms with Gasteiger partial charge in [0.25, 0.3) is 0 Å². The number of ether oxygens (including phenoxy) is 1. The largest absolute Gasteiger partial charge is 0.507 e. The van der Waals surface area contributed by atoms with Gasteiger partial charge in [-0.15, -0.1) is 0 Å². The third kappa shape index (κ3) is 2.30. The van der Waals surface area contributed by atoms with E-state index in [1.165, 1.54) is 25.3 Å². The highest BCUT2D eigenvalue weighted by atomic mass is 16.5. The fourth-order valence-electron chi connectivity index (χ4n) is 4.56. The van der Waals surface area contributed by atoms with Crippen molar-refractivity contribution in [3.05, 3.63) is 29.3 Å². The van der Waals surface area contributed by atoms with Crippen LogP contribution in [0.25, 0.3) is 10.8 Å². The Hall–Kier alpha value is -3.30. The van der Waals surface area contributed by atoms with Crippen LogP contribution in [-0.2, 0) is 20.8 Å². The third-order valence-corrected chi connectivity index (χ3v) is 6.01. The Balaban J connectivity index is 2.01. The topological polar surface area (TPSA) is 158 Å². The van der Waals surface area contributed by atoms with Gasteiger partial charge in [-0.3, -0.25) is 19.2 Å². The smallest absolute Gasteiger partial charge is 0.217 e. The van der Waals surface area contributed by atoms with E-state index in [0.717, 1.165) is 6.92 Å². The molecule has 0 amide bonds. The maximum Gasteiger partial charge on any atom is 0.217 e. The number of aromatic hydroxyl groups is 2. The first-order chi connectivity index (χ1) is 14.0. The molecule has 0 saturated heterocycles. The molecule has 2 aromatic rings. The van der Waals surface area contributed by atoms with Crippen molar-refractivity contribution in [1.29, 1.82) is 0 Å². The van der Waals surface area contributed by atoms with Crippen LogP contribution in [-0.4, -0.2) is 61.9 Å². The minimum atomic E-state index is -3.09. The molecule has 9 nitrogen and oxygen atoms in total. The second-order valence-corrected chi connectivity index (χ2v) is 7.80. The summed E-state index contributed by atoms with van der Waals surface area (Å²) >= 11 is 0. The number of rotatable bonds is 2. The van der Waals surface area contributed by atoms with Crippen molar-refractivity contribution in [1.82, 2.24) is 0 Å². The summed E-state index contributed by atoms with van der Waals surface area (Å²) in [6, 6.07) is 4.09. The zero-order valence-electron chi connectivity index (χ0n) is 16.1. The summed E-state index contributed by atoms with van der Waals surface area (Å²) in [6.07, 6.45) is -1.29. The molecule has 1 fully saturated rings. The Bertz CT molecular complexity index is 1180. The number of hydrogen-bond donors (Lipinski definition) is 4. The van der Waals surface area contributed by atoms with E-state index < -0.39 is 70.2 Å². The fraction of sp³-hybridized carbons (Fsp3) is 0.333. The van der Waals surface area contributed by atoms with Crippen LogP contribution in [0.1, 0.15) is 29.3 Å². The molecule has 9 heteroatoms. The Labute approximate surface area is 169 Å². The third-order valence-electron chi connectivity index (χ3n) is 6.01. The van der Waals surface area contributed by atoms with Crippen molar-refractivity contribution < 1.29 is 44.3 Å². The second kappa shape index (κ2) is 6.10. The van der Waals surface area contributed by atoms with Gasteiger partial charge in [-0.05, 0) is 30.0 Å². The molecule has 3 unspecified atom stereocenters. The number of carbonyl (C=O) groups excluding carboxylic acids is 4. The van der Waals surface area contributed by atoms with E-state index in [1.807, 2.05) is 0 Å². The molecule has 0 heterocycles. The molecule has 3 atom stereocenters. The number of methoxy groups -OCH3 is 1. The van der Waals surface area contributed by atoms with E-state index in [4.69, 9.17) is 4.74 Å². The number of benzene rings is 2. The molecular weight excluding hydrogens is 396 g/mol. The summed E-state index contributed by atoms with van der Waals surface area (Å²) in [4.78, 5) is 50.3. The monoisotopic (exact) mass is 414 g/mol. The van der Waals surface area contributed by atoms with Crippen LogP contribution in [0.2, 0.25) is 0 Å². The first kappa shape index (κ1) is 20.0. The summed E-state index contributed by atoms with van der Waals surface area (Å²) in [7, 11) is 1.37. The van der Waals surface area contributed by atoms with Gasteiger partial charge in [0, 0.05) is 18.9 Å². The van der Waals surface area contributed by atoms with Gasteiger partial charge in [-0.2, -0.15) is 0 Å². The first-order valence-corrected chi connectivity index (χ1v) is 9.09. The highest BCUT2D eigenvalue weighted by Gasteiger charge is 2.69. The summed E-state index contributed by atoms with van der Waals surface area (Å²) in [5.74, 6) is -7.19. The lowest BCUT2D eigenvalue weighted by Crippen LogP contribution is -2.73. The van der Waals surface area contributed by atoms with Gasteiger partial charge in [0.15, 0.2) is 11.6 Å². The lowest BCUT2D eigenvalue weighted by atomic mass is 9.57. The predicted molar refractivity (Wildman–Crippen MR) is 101 cm³/mol. The minimum Gasteiger partial charge on any atom is -0.507 e. The lowest BCUT2D eigenvalue weighted by molar-refractivity contribution is -0.180. The molecule has 4 rings (SSSR count). The zero-order valence-corrected chi connectivity index (χ0v) is 16.1. The Kier molecular flexibility index (Phi) is 4.06. The van der Waals surface area contributed by atoms with Gasteiger partial charge in [0.2, 0.25) is 11.4 Å². The maximum absolute atomic E-state index is 13.2. The van der Waals surface area contributed by atoms with E-state index in [1.54, 1.807) is 0 Å². The number of hydrogen-bond acceptors (Lipinski definition) is 9. The van der Waals surface area contributed by atoms with E-state index in [2.05, 4.69) is 0 Å². The number of ketones is 4. The van der Waals surface area contributed by atoms with E-state index >= 15 is 0 Å². The van der Waals surface area contributed by atoms with Crippen LogP contribution in [0.5, 0.6) is 17.2 Å². The molecule has 1 saturated carbocycles. The maximum atomic E-state index is 13.2. The summed E-state index contributed by atoms with van der Waals surface area (Å²) in [6.45, 7) is 0.978. The quantitative estimate of drug-likeness (QED) is 0.504. The molecule has 2 aliphatic rings. The predicted octanol–water partition coefficient (Wildman–Crippen LogP) is 0.208. The average molecular weight is 414 g/mol. The lowest BCUT2D eigenvalue weighted by Gasteiger charge is -2.48. The van der Waals surface area contributed by atoms with Crippen LogP contribution >= 0.6 is 0 Å². The molecule has 2 aromatic carbocycles. The SMILES string of the molecule is COc1cc(O)c2c(O)c3c(cc2c1)CC1(O)CC(=O)C(C(C)=O)C(=O)C1(O)C3=O. The molecule has 0 spiro atoms. The van der Waals surface area contributed by atoms with Crippen molar-refractivity contribution in [3.8, 4) is 17.2 Å².